The quantitative estimate of drug-likeness (QED) is 0.619. The van der Waals surface area contributed by atoms with Gasteiger partial charge in [0.1, 0.15) is 0 Å². The van der Waals surface area contributed by atoms with Gasteiger partial charge in [-0.25, -0.2) is 8.42 Å². The lowest BCUT2D eigenvalue weighted by Gasteiger charge is -2.18. The highest BCUT2D eigenvalue weighted by Gasteiger charge is 2.27. The number of amides is 2. The van der Waals surface area contributed by atoms with Crippen LogP contribution in [0.2, 0.25) is 0 Å². The number of nitrogens with zero attached hydrogens (tertiary/aromatic N) is 2. The number of ether oxygens (including phenoxy) is 1. The minimum absolute atomic E-state index is 0.0698. The van der Waals surface area contributed by atoms with Crippen molar-refractivity contribution in [3.05, 3.63) is 29.8 Å². The Morgan fingerprint density at radius 2 is 1.81 bits per heavy atom. The van der Waals surface area contributed by atoms with Crippen molar-refractivity contribution in [1.82, 2.24) is 14.5 Å². The molecule has 0 spiro atoms. The summed E-state index contributed by atoms with van der Waals surface area (Å²) in [5.74, 6) is -0.595. The molecule has 1 aliphatic rings. The molecular formula is C18H27N3O5S. The molecule has 0 aromatic heterocycles. The number of benzene rings is 1. The van der Waals surface area contributed by atoms with Crippen LogP contribution < -0.4 is 5.32 Å². The first kappa shape index (κ1) is 21.3. The van der Waals surface area contributed by atoms with E-state index in [0.717, 1.165) is 12.8 Å². The second-order valence-electron chi connectivity index (χ2n) is 6.49. The Kier molecular flexibility index (Phi) is 7.76. The zero-order valence-corrected chi connectivity index (χ0v) is 16.6. The van der Waals surface area contributed by atoms with Gasteiger partial charge in [0, 0.05) is 46.0 Å². The van der Waals surface area contributed by atoms with Gasteiger partial charge in [-0.15, -0.1) is 0 Å². The first-order chi connectivity index (χ1) is 12.9. The molecule has 1 saturated heterocycles. The Morgan fingerprint density at radius 1 is 1.19 bits per heavy atom. The van der Waals surface area contributed by atoms with Gasteiger partial charge in [0.2, 0.25) is 15.9 Å². The van der Waals surface area contributed by atoms with Crippen LogP contribution in [0.1, 0.15) is 29.6 Å². The lowest BCUT2D eigenvalue weighted by atomic mass is 10.2. The molecule has 0 radical (unpaired) electrons. The van der Waals surface area contributed by atoms with Gasteiger partial charge in [-0.1, -0.05) is 0 Å². The van der Waals surface area contributed by atoms with Gasteiger partial charge < -0.3 is 15.0 Å². The topological polar surface area (TPSA) is 96.0 Å². The Hall–Kier alpha value is -1.97. The van der Waals surface area contributed by atoms with E-state index >= 15 is 0 Å². The van der Waals surface area contributed by atoms with Crippen molar-refractivity contribution >= 4 is 21.8 Å². The predicted molar refractivity (Wildman–Crippen MR) is 101 cm³/mol. The molecule has 0 saturated carbocycles. The lowest BCUT2D eigenvalue weighted by molar-refractivity contribution is -0.121. The maximum atomic E-state index is 12.5. The smallest absolute Gasteiger partial charge is 0.254 e. The summed E-state index contributed by atoms with van der Waals surface area (Å²) in [4.78, 5) is 25.8. The number of carbonyl (C=O) groups is 2. The SMILES string of the molecule is COCCCNC(=O)CN(C)C(=O)c1ccc(S(=O)(=O)N2CCCC2)cc1. The zero-order valence-electron chi connectivity index (χ0n) is 15.8. The summed E-state index contributed by atoms with van der Waals surface area (Å²) in [6, 6.07) is 5.86. The molecule has 1 aromatic carbocycles. The van der Waals surface area contributed by atoms with E-state index in [1.807, 2.05) is 0 Å². The van der Waals surface area contributed by atoms with Gasteiger partial charge in [-0.2, -0.15) is 4.31 Å². The highest BCUT2D eigenvalue weighted by molar-refractivity contribution is 7.89. The number of rotatable bonds is 9. The normalized spacial score (nSPS) is 14.9. The molecule has 2 amide bonds. The van der Waals surface area contributed by atoms with E-state index in [1.54, 1.807) is 7.11 Å². The minimum atomic E-state index is -3.50. The molecule has 150 valence electrons. The van der Waals surface area contributed by atoms with Gasteiger partial charge in [-0.05, 0) is 43.5 Å². The summed E-state index contributed by atoms with van der Waals surface area (Å²) in [5, 5.41) is 2.72. The molecule has 1 fully saturated rings. The number of carbonyl (C=O) groups excluding carboxylic acids is 2. The van der Waals surface area contributed by atoms with Crippen molar-refractivity contribution in [2.24, 2.45) is 0 Å². The summed E-state index contributed by atoms with van der Waals surface area (Å²) < 4.78 is 31.4. The fourth-order valence-electron chi connectivity index (χ4n) is 2.85. The Labute approximate surface area is 160 Å². The van der Waals surface area contributed by atoms with Crippen LogP contribution in [0.3, 0.4) is 0 Å². The van der Waals surface area contributed by atoms with Crippen LogP contribution >= 0.6 is 0 Å². The third-order valence-electron chi connectivity index (χ3n) is 4.38. The monoisotopic (exact) mass is 397 g/mol. The second-order valence-corrected chi connectivity index (χ2v) is 8.43. The first-order valence-electron chi connectivity index (χ1n) is 8.97. The van der Waals surface area contributed by atoms with Crippen LogP contribution in [0.15, 0.2) is 29.2 Å². The van der Waals surface area contributed by atoms with Crippen molar-refractivity contribution in [1.29, 1.82) is 0 Å². The number of hydrogen-bond acceptors (Lipinski definition) is 5. The van der Waals surface area contributed by atoms with Crippen LogP contribution in [0.25, 0.3) is 0 Å². The van der Waals surface area contributed by atoms with Crippen LogP contribution in [-0.2, 0) is 19.6 Å². The average molecular weight is 397 g/mol. The molecule has 0 aliphatic carbocycles. The molecule has 2 rings (SSSR count). The molecule has 1 aromatic rings. The van der Waals surface area contributed by atoms with Gasteiger partial charge in [0.25, 0.3) is 5.91 Å². The maximum absolute atomic E-state index is 12.5. The van der Waals surface area contributed by atoms with Gasteiger partial charge in [0.15, 0.2) is 0 Å². The van der Waals surface area contributed by atoms with Crippen molar-refractivity contribution in [3.63, 3.8) is 0 Å². The van der Waals surface area contributed by atoms with E-state index in [9.17, 15) is 18.0 Å². The molecule has 1 N–H and O–H groups in total. The molecule has 0 unspecified atom stereocenters. The number of likely N-dealkylation sites (N-methyl/N-ethyl adjacent to an activating group) is 1. The van der Waals surface area contributed by atoms with Gasteiger partial charge in [0.05, 0.1) is 11.4 Å². The molecule has 9 heteroatoms. The molecular weight excluding hydrogens is 370 g/mol. The third-order valence-corrected chi connectivity index (χ3v) is 6.29. The first-order valence-corrected chi connectivity index (χ1v) is 10.4. The lowest BCUT2D eigenvalue weighted by Crippen LogP contribution is -2.38. The summed E-state index contributed by atoms with van der Waals surface area (Å²) in [6.07, 6.45) is 2.44. The molecule has 0 atom stereocenters. The van der Waals surface area contributed by atoms with E-state index in [0.29, 0.717) is 38.2 Å². The van der Waals surface area contributed by atoms with Gasteiger partial charge in [-0.3, -0.25) is 9.59 Å². The Morgan fingerprint density at radius 3 is 2.41 bits per heavy atom. The van der Waals surface area contributed by atoms with E-state index < -0.39 is 10.0 Å². The van der Waals surface area contributed by atoms with Crippen LogP contribution in [0.4, 0.5) is 0 Å². The largest absolute Gasteiger partial charge is 0.385 e. The molecule has 1 heterocycles. The van der Waals surface area contributed by atoms with Crippen LogP contribution in [0, 0.1) is 0 Å². The fourth-order valence-corrected chi connectivity index (χ4v) is 4.37. The number of sulfonamides is 1. The number of nitrogens with one attached hydrogen (secondary N) is 1. The van der Waals surface area contributed by atoms with Crippen LogP contribution in [0.5, 0.6) is 0 Å². The van der Waals surface area contributed by atoms with E-state index in [2.05, 4.69) is 5.32 Å². The average Bonchev–Trinajstić information content (AvgIpc) is 3.20. The van der Waals surface area contributed by atoms with Crippen molar-refractivity contribution < 1.29 is 22.7 Å². The molecule has 8 nitrogen and oxygen atoms in total. The fraction of sp³-hybridized carbons (Fsp3) is 0.556. The number of hydrogen-bond donors (Lipinski definition) is 1. The van der Waals surface area contributed by atoms with Crippen molar-refractivity contribution in [2.45, 2.75) is 24.2 Å². The highest BCUT2D eigenvalue weighted by atomic mass is 32.2. The van der Waals surface area contributed by atoms with E-state index in [4.69, 9.17) is 4.74 Å². The summed E-state index contributed by atoms with van der Waals surface area (Å²) >= 11 is 0. The number of methoxy groups -OCH3 is 1. The predicted octanol–water partition coefficient (Wildman–Crippen LogP) is 0.696. The zero-order chi connectivity index (χ0) is 19.9. The van der Waals surface area contributed by atoms with Crippen molar-refractivity contribution in [2.75, 3.05) is 46.9 Å². The van der Waals surface area contributed by atoms with E-state index in [1.165, 1.54) is 40.5 Å². The second kappa shape index (κ2) is 9.82. The Balaban J connectivity index is 1.93. The summed E-state index contributed by atoms with van der Waals surface area (Å²) in [6.45, 7) is 2.04. The Bertz CT molecular complexity index is 743. The molecule has 1 aliphatic heterocycles. The standard InChI is InChI=1S/C18H27N3O5S/c1-20(14-17(22)19-10-5-13-26-2)18(23)15-6-8-16(9-7-15)27(24,25)21-11-3-4-12-21/h6-9H,3-5,10-14H2,1-2H3,(H,19,22). The van der Waals surface area contributed by atoms with Crippen molar-refractivity contribution in [3.8, 4) is 0 Å². The summed E-state index contributed by atoms with van der Waals surface area (Å²) in [5.41, 5.74) is 0.338. The third kappa shape index (κ3) is 5.75. The summed E-state index contributed by atoms with van der Waals surface area (Å²) in [7, 11) is -0.375. The molecule has 0 bridgehead atoms. The van der Waals surface area contributed by atoms with Gasteiger partial charge >= 0.3 is 0 Å². The van der Waals surface area contributed by atoms with Crippen LogP contribution in [-0.4, -0.2) is 76.4 Å². The van der Waals surface area contributed by atoms with E-state index in [-0.39, 0.29) is 23.3 Å². The minimum Gasteiger partial charge on any atom is -0.385 e. The molecule has 27 heavy (non-hydrogen) atoms. The highest BCUT2D eigenvalue weighted by Crippen LogP contribution is 2.21. The maximum Gasteiger partial charge on any atom is 0.254 e.